The van der Waals surface area contributed by atoms with Gasteiger partial charge in [0.1, 0.15) is 12.4 Å². The third-order valence-corrected chi connectivity index (χ3v) is 2.48. The molecule has 5 nitrogen and oxygen atoms in total. The molecule has 3 N–H and O–H groups in total. The summed E-state index contributed by atoms with van der Waals surface area (Å²) in [6, 6.07) is 5.06. The van der Waals surface area contributed by atoms with Crippen LogP contribution >= 0.6 is 0 Å². The third kappa shape index (κ3) is 2.09. The lowest BCUT2D eigenvalue weighted by molar-refractivity contribution is 0.0696. The molecule has 1 aromatic carbocycles. The van der Waals surface area contributed by atoms with Crippen molar-refractivity contribution in [1.82, 2.24) is 5.32 Å². The first-order valence-electron chi connectivity index (χ1n) is 5.12. The van der Waals surface area contributed by atoms with Crippen molar-refractivity contribution in [3.63, 3.8) is 0 Å². The van der Waals surface area contributed by atoms with Gasteiger partial charge in [-0.3, -0.25) is 0 Å². The van der Waals surface area contributed by atoms with Gasteiger partial charge in [0.25, 0.3) is 0 Å². The molecule has 1 aliphatic rings. The fourth-order valence-corrected chi connectivity index (χ4v) is 1.70. The molecular formula is C11H14N2O3. The van der Waals surface area contributed by atoms with Crippen LogP contribution in [0.15, 0.2) is 18.2 Å². The maximum atomic E-state index is 10.8. The molecule has 1 atom stereocenters. The zero-order valence-electron chi connectivity index (χ0n) is 8.99. The molecule has 0 amide bonds. The predicted octanol–water partition coefficient (Wildman–Crippen LogP) is 0.777. The van der Waals surface area contributed by atoms with E-state index in [4.69, 9.17) is 9.84 Å². The summed E-state index contributed by atoms with van der Waals surface area (Å²) in [5.41, 5.74) is 1.09. The lowest BCUT2D eigenvalue weighted by Crippen LogP contribution is -2.39. The SMILES string of the molecule is CNCC1COc2cc(C(=O)O)ccc2N1. The van der Waals surface area contributed by atoms with Gasteiger partial charge in [0.15, 0.2) is 0 Å². The van der Waals surface area contributed by atoms with Crippen LogP contribution in [0.5, 0.6) is 5.75 Å². The maximum absolute atomic E-state index is 10.8. The van der Waals surface area contributed by atoms with Crippen molar-refractivity contribution in [2.75, 3.05) is 25.5 Å². The number of ether oxygens (including phenoxy) is 1. The third-order valence-electron chi connectivity index (χ3n) is 2.48. The molecule has 0 radical (unpaired) electrons. The average Bonchev–Trinajstić information content (AvgIpc) is 2.28. The molecule has 5 heteroatoms. The molecule has 0 saturated heterocycles. The van der Waals surface area contributed by atoms with Crippen molar-refractivity contribution in [2.24, 2.45) is 0 Å². The molecule has 0 aromatic heterocycles. The summed E-state index contributed by atoms with van der Waals surface area (Å²) in [4.78, 5) is 10.8. The standard InChI is InChI=1S/C11H14N2O3/c1-12-5-8-6-16-10-4-7(11(14)15)2-3-9(10)13-8/h2-4,8,12-13H,5-6H2,1H3,(H,14,15). The molecule has 0 bridgehead atoms. The number of benzene rings is 1. The zero-order chi connectivity index (χ0) is 11.5. The van der Waals surface area contributed by atoms with Crippen LogP contribution in [0, 0.1) is 0 Å². The van der Waals surface area contributed by atoms with Gasteiger partial charge >= 0.3 is 5.97 Å². The minimum Gasteiger partial charge on any atom is -0.489 e. The van der Waals surface area contributed by atoms with E-state index < -0.39 is 5.97 Å². The number of hydrogen-bond acceptors (Lipinski definition) is 4. The molecule has 0 spiro atoms. The van der Waals surface area contributed by atoms with Crippen LogP contribution in [-0.2, 0) is 0 Å². The zero-order valence-corrected chi connectivity index (χ0v) is 8.99. The first kappa shape index (κ1) is 10.8. The van der Waals surface area contributed by atoms with E-state index in [2.05, 4.69) is 10.6 Å². The Labute approximate surface area is 93.4 Å². The topological polar surface area (TPSA) is 70.6 Å². The normalized spacial score (nSPS) is 18.2. The molecule has 2 rings (SSSR count). The maximum Gasteiger partial charge on any atom is 0.335 e. The van der Waals surface area contributed by atoms with Crippen LogP contribution in [-0.4, -0.2) is 37.3 Å². The summed E-state index contributed by atoms with van der Waals surface area (Å²) < 4.78 is 5.51. The number of carboxylic acids is 1. The molecule has 1 unspecified atom stereocenters. The highest BCUT2D eigenvalue weighted by atomic mass is 16.5. The fourth-order valence-electron chi connectivity index (χ4n) is 1.70. The number of aromatic carboxylic acids is 1. The fraction of sp³-hybridized carbons (Fsp3) is 0.364. The quantitative estimate of drug-likeness (QED) is 0.705. The Morgan fingerprint density at radius 2 is 2.50 bits per heavy atom. The monoisotopic (exact) mass is 222 g/mol. The second-order valence-corrected chi connectivity index (χ2v) is 3.73. The Balaban J connectivity index is 2.19. The number of nitrogens with one attached hydrogen (secondary N) is 2. The number of carboxylic acid groups (broad SMARTS) is 1. The molecule has 0 saturated carbocycles. The van der Waals surface area contributed by atoms with Crippen molar-refractivity contribution < 1.29 is 14.6 Å². The Bertz CT molecular complexity index is 406. The van der Waals surface area contributed by atoms with E-state index in [0.29, 0.717) is 12.4 Å². The van der Waals surface area contributed by atoms with Crippen molar-refractivity contribution in [3.05, 3.63) is 23.8 Å². The van der Waals surface area contributed by atoms with Crippen LogP contribution in [0.4, 0.5) is 5.69 Å². The van der Waals surface area contributed by atoms with E-state index in [1.54, 1.807) is 18.2 Å². The van der Waals surface area contributed by atoms with Crippen LogP contribution in [0.3, 0.4) is 0 Å². The van der Waals surface area contributed by atoms with Gasteiger partial charge in [-0.25, -0.2) is 4.79 Å². The largest absolute Gasteiger partial charge is 0.489 e. The average molecular weight is 222 g/mol. The minimum atomic E-state index is -0.941. The highest BCUT2D eigenvalue weighted by molar-refractivity contribution is 5.89. The molecule has 1 heterocycles. The summed E-state index contributed by atoms with van der Waals surface area (Å²) in [7, 11) is 1.88. The van der Waals surface area contributed by atoms with Crippen molar-refractivity contribution >= 4 is 11.7 Å². The Morgan fingerprint density at radius 1 is 1.69 bits per heavy atom. The Kier molecular flexibility index (Phi) is 2.96. The van der Waals surface area contributed by atoms with E-state index in [9.17, 15) is 4.79 Å². The molecule has 1 aliphatic heterocycles. The number of hydrogen-bond donors (Lipinski definition) is 3. The highest BCUT2D eigenvalue weighted by Gasteiger charge is 2.19. The van der Waals surface area contributed by atoms with Gasteiger partial charge < -0.3 is 20.5 Å². The van der Waals surface area contributed by atoms with Gasteiger partial charge in [0.2, 0.25) is 0 Å². The molecule has 0 fully saturated rings. The number of anilines is 1. The van der Waals surface area contributed by atoms with E-state index >= 15 is 0 Å². The van der Waals surface area contributed by atoms with E-state index in [1.165, 1.54) is 0 Å². The van der Waals surface area contributed by atoms with Crippen LogP contribution in [0.2, 0.25) is 0 Å². The van der Waals surface area contributed by atoms with Gasteiger partial charge in [0, 0.05) is 6.54 Å². The summed E-state index contributed by atoms with van der Waals surface area (Å²) in [6.45, 7) is 1.34. The lowest BCUT2D eigenvalue weighted by Gasteiger charge is -2.27. The molecule has 16 heavy (non-hydrogen) atoms. The summed E-state index contributed by atoms with van der Waals surface area (Å²) in [6.07, 6.45) is 0. The van der Waals surface area contributed by atoms with Gasteiger partial charge in [0.05, 0.1) is 17.3 Å². The summed E-state index contributed by atoms with van der Waals surface area (Å²) >= 11 is 0. The summed E-state index contributed by atoms with van der Waals surface area (Å²) in [5.74, 6) is -0.337. The Hall–Kier alpha value is -1.75. The van der Waals surface area contributed by atoms with Crippen molar-refractivity contribution in [1.29, 1.82) is 0 Å². The number of rotatable bonds is 3. The first-order chi connectivity index (χ1) is 7.70. The minimum absolute atomic E-state index is 0.216. The molecular weight excluding hydrogens is 208 g/mol. The van der Waals surface area contributed by atoms with Gasteiger partial charge in [-0.15, -0.1) is 0 Å². The Morgan fingerprint density at radius 3 is 3.19 bits per heavy atom. The first-order valence-corrected chi connectivity index (χ1v) is 5.12. The van der Waals surface area contributed by atoms with E-state index in [-0.39, 0.29) is 11.6 Å². The van der Waals surface area contributed by atoms with Crippen molar-refractivity contribution in [2.45, 2.75) is 6.04 Å². The van der Waals surface area contributed by atoms with Crippen LogP contribution in [0.1, 0.15) is 10.4 Å². The predicted molar refractivity (Wildman–Crippen MR) is 60.2 cm³/mol. The number of likely N-dealkylation sites (N-methyl/N-ethyl adjacent to an activating group) is 1. The molecule has 0 aliphatic carbocycles. The summed E-state index contributed by atoms with van der Waals surface area (Å²) in [5, 5.41) is 15.2. The number of fused-ring (bicyclic) bond motifs is 1. The molecule has 86 valence electrons. The lowest BCUT2D eigenvalue weighted by atomic mass is 10.1. The van der Waals surface area contributed by atoms with Gasteiger partial charge in [-0.2, -0.15) is 0 Å². The van der Waals surface area contributed by atoms with Crippen LogP contribution in [0.25, 0.3) is 0 Å². The molecule has 1 aromatic rings. The smallest absolute Gasteiger partial charge is 0.335 e. The van der Waals surface area contributed by atoms with Crippen molar-refractivity contribution in [3.8, 4) is 5.75 Å². The van der Waals surface area contributed by atoms with Gasteiger partial charge in [-0.1, -0.05) is 0 Å². The second kappa shape index (κ2) is 4.40. The van der Waals surface area contributed by atoms with E-state index in [1.807, 2.05) is 7.05 Å². The van der Waals surface area contributed by atoms with Gasteiger partial charge in [-0.05, 0) is 25.2 Å². The van der Waals surface area contributed by atoms with E-state index in [0.717, 1.165) is 12.2 Å². The second-order valence-electron chi connectivity index (χ2n) is 3.73. The number of carbonyl (C=O) groups is 1. The van der Waals surface area contributed by atoms with Crippen LogP contribution < -0.4 is 15.4 Å². The highest BCUT2D eigenvalue weighted by Crippen LogP contribution is 2.29.